The lowest BCUT2D eigenvalue weighted by Crippen LogP contribution is -2.33. The van der Waals surface area contributed by atoms with Crippen molar-refractivity contribution in [2.75, 3.05) is 17.2 Å². The van der Waals surface area contributed by atoms with E-state index in [0.717, 1.165) is 18.3 Å². The Labute approximate surface area is 102 Å². The zero-order valence-corrected chi connectivity index (χ0v) is 10.3. The van der Waals surface area contributed by atoms with Crippen LogP contribution in [0.25, 0.3) is 0 Å². The van der Waals surface area contributed by atoms with Gasteiger partial charge in [0.2, 0.25) is 0 Å². The highest BCUT2D eigenvalue weighted by molar-refractivity contribution is 5.55. The second kappa shape index (κ2) is 4.62. The summed E-state index contributed by atoms with van der Waals surface area (Å²) in [6.07, 6.45) is 2.62. The molecule has 1 fully saturated rings. The van der Waals surface area contributed by atoms with Gasteiger partial charge in [0.1, 0.15) is 11.9 Å². The molecule has 0 spiro atoms. The molecule has 0 amide bonds. The number of anilines is 2. The molecule has 0 aliphatic heterocycles. The van der Waals surface area contributed by atoms with Gasteiger partial charge >= 0.3 is 0 Å². The van der Waals surface area contributed by atoms with E-state index in [4.69, 9.17) is 11.0 Å². The molecule has 2 N–H and O–H groups in total. The predicted octanol–water partition coefficient (Wildman–Crippen LogP) is 2.16. The number of hydrogen-bond acceptors (Lipinski definition) is 4. The first-order chi connectivity index (χ1) is 8.11. The quantitative estimate of drug-likeness (QED) is 0.860. The fraction of sp³-hybridized carbons (Fsp3) is 0.538. The van der Waals surface area contributed by atoms with Crippen molar-refractivity contribution in [3.63, 3.8) is 0 Å². The lowest BCUT2D eigenvalue weighted by molar-refractivity contribution is 0.636. The van der Waals surface area contributed by atoms with Crippen LogP contribution in [0.4, 0.5) is 11.5 Å². The fourth-order valence-electron chi connectivity index (χ4n) is 1.86. The van der Waals surface area contributed by atoms with Gasteiger partial charge in [-0.05, 0) is 44.7 Å². The molecule has 4 nitrogen and oxygen atoms in total. The van der Waals surface area contributed by atoms with E-state index >= 15 is 0 Å². The Kier molecular flexibility index (Phi) is 3.19. The van der Waals surface area contributed by atoms with Crippen LogP contribution in [-0.2, 0) is 0 Å². The van der Waals surface area contributed by atoms with Gasteiger partial charge in [-0.2, -0.15) is 5.26 Å². The normalized spacial score (nSPS) is 14.7. The highest BCUT2D eigenvalue weighted by Gasteiger charge is 2.26. The number of nitrogens with zero attached hydrogens (tertiary/aromatic N) is 3. The smallest absolute Gasteiger partial charge is 0.165 e. The molecule has 0 saturated heterocycles. The molecule has 0 atom stereocenters. The molecule has 90 valence electrons. The molecular formula is C13H18N4. The Bertz CT molecular complexity index is 443. The van der Waals surface area contributed by atoms with Gasteiger partial charge in [-0.3, -0.25) is 0 Å². The Morgan fingerprint density at radius 2 is 2.24 bits per heavy atom. The third-order valence-corrected chi connectivity index (χ3v) is 3.09. The van der Waals surface area contributed by atoms with Crippen LogP contribution in [-0.4, -0.2) is 17.6 Å². The van der Waals surface area contributed by atoms with Gasteiger partial charge in [-0.15, -0.1) is 0 Å². The number of aromatic nitrogens is 1. The van der Waals surface area contributed by atoms with Crippen LogP contribution < -0.4 is 10.6 Å². The SMILES string of the molecule is CC(C)N(CC1CC1)c1ccc(N)c(C#N)n1. The van der Waals surface area contributed by atoms with Crippen LogP contribution in [0.15, 0.2) is 12.1 Å². The van der Waals surface area contributed by atoms with Crippen LogP contribution in [0, 0.1) is 17.2 Å². The largest absolute Gasteiger partial charge is 0.396 e. The molecule has 1 heterocycles. The molecule has 0 aromatic carbocycles. The zero-order chi connectivity index (χ0) is 12.4. The summed E-state index contributed by atoms with van der Waals surface area (Å²) in [6, 6.07) is 6.09. The second-order valence-electron chi connectivity index (χ2n) is 4.91. The number of nitriles is 1. The van der Waals surface area contributed by atoms with E-state index < -0.39 is 0 Å². The monoisotopic (exact) mass is 230 g/mol. The predicted molar refractivity (Wildman–Crippen MR) is 68.6 cm³/mol. The molecule has 17 heavy (non-hydrogen) atoms. The van der Waals surface area contributed by atoms with Gasteiger partial charge in [0.05, 0.1) is 5.69 Å². The molecule has 0 unspecified atom stereocenters. The van der Waals surface area contributed by atoms with Crippen LogP contribution in [0.3, 0.4) is 0 Å². The first-order valence-corrected chi connectivity index (χ1v) is 6.05. The zero-order valence-electron chi connectivity index (χ0n) is 10.3. The van der Waals surface area contributed by atoms with Crippen molar-refractivity contribution in [1.82, 2.24) is 4.98 Å². The van der Waals surface area contributed by atoms with E-state index in [0.29, 0.717) is 17.4 Å². The number of nitrogen functional groups attached to an aromatic ring is 1. The highest BCUT2D eigenvalue weighted by atomic mass is 15.2. The Balaban J connectivity index is 2.25. The highest BCUT2D eigenvalue weighted by Crippen LogP contribution is 2.32. The minimum Gasteiger partial charge on any atom is -0.396 e. The van der Waals surface area contributed by atoms with E-state index in [1.807, 2.05) is 12.1 Å². The first kappa shape index (κ1) is 11.7. The van der Waals surface area contributed by atoms with Gasteiger partial charge in [0.25, 0.3) is 0 Å². The first-order valence-electron chi connectivity index (χ1n) is 6.05. The summed E-state index contributed by atoms with van der Waals surface area (Å²) in [5.41, 5.74) is 6.46. The summed E-state index contributed by atoms with van der Waals surface area (Å²) >= 11 is 0. The molecule has 1 aromatic rings. The Morgan fingerprint density at radius 1 is 1.53 bits per heavy atom. The topological polar surface area (TPSA) is 65.9 Å². The lowest BCUT2D eigenvalue weighted by atomic mass is 10.2. The van der Waals surface area contributed by atoms with Gasteiger partial charge in [-0.1, -0.05) is 0 Å². The Hall–Kier alpha value is -1.76. The maximum absolute atomic E-state index is 8.95. The second-order valence-corrected chi connectivity index (χ2v) is 4.91. The third-order valence-electron chi connectivity index (χ3n) is 3.09. The van der Waals surface area contributed by atoms with Crippen LogP contribution in [0.5, 0.6) is 0 Å². The Morgan fingerprint density at radius 3 is 2.76 bits per heavy atom. The summed E-state index contributed by atoms with van der Waals surface area (Å²) < 4.78 is 0. The number of rotatable bonds is 4. The van der Waals surface area contributed by atoms with Crippen molar-refractivity contribution in [2.45, 2.75) is 32.7 Å². The summed E-state index contributed by atoms with van der Waals surface area (Å²) in [5, 5.41) is 8.95. The standard InChI is InChI=1S/C13H18N4/c1-9(2)17(8-10-3-4-10)13-6-5-11(15)12(7-14)16-13/h5-6,9-10H,3-4,8,15H2,1-2H3. The molecule has 4 heteroatoms. The number of hydrogen-bond donors (Lipinski definition) is 1. The molecule has 1 aromatic heterocycles. The lowest BCUT2D eigenvalue weighted by Gasteiger charge is -2.28. The molecule has 1 aliphatic carbocycles. The van der Waals surface area contributed by atoms with Gasteiger partial charge < -0.3 is 10.6 Å². The maximum atomic E-state index is 8.95. The third kappa shape index (κ3) is 2.68. The molecule has 0 bridgehead atoms. The van der Waals surface area contributed by atoms with Crippen molar-refractivity contribution in [3.8, 4) is 6.07 Å². The average molecular weight is 230 g/mol. The van der Waals surface area contributed by atoms with Gasteiger partial charge in [0, 0.05) is 12.6 Å². The minimum atomic E-state index is 0.323. The minimum absolute atomic E-state index is 0.323. The van der Waals surface area contributed by atoms with Gasteiger partial charge in [-0.25, -0.2) is 4.98 Å². The average Bonchev–Trinajstić information content (AvgIpc) is 3.10. The van der Waals surface area contributed by atoms with E-state index in [9.17, 15) is 0 Å². The summed E-state index contributed by atoms with van der Waals surface area (Å²) in [4.78, 5) is 6.58. The summed E-state index contributed by atoms with van der Waals surface area (Å²) in [5.74, 6) is 1.65. The van der Waals surface area contributed by atoms with E-state index in [2.05, 4.69) is 23.7 Å². The van der Waals surface area contributed by atoms with Crippen LogP contribution >= 0.6 is 0 Å². The fourth-order valence-corrected chi connectivity index (χ4v) is 1.86. The van der Waals surface area contributed by atoms with Crippen LogP contribution in [0.2, 0.25) is 0 Å². The van der Waals surface area contributed by atoms with Crippen molar-refractivity contribution < 1.29 is 0 Å². The number of pyridine rings is 1. The maximum Gasteiger partial charge on any atom is 0.165 e. The molecule has 2 rings (SSSR count). The van der Waals surface area contributed by atoms with Crippen molar-refractivity contribution in [1.29, 1.82) is 5.26 Å². The molecule has 1 aliphatic rings. The van der Waals surface area contributed by atoms with Crippen molar-refractivity contribution in [3.05, 3.63) is 17.8 Å². The van der Waals surface area contributed by atoms with Crippen molar-refractivity contribution >= 4 is 11.5 Å². The van der Waals surface area contributed by atoms with E-state index in [-0.39, 0.29) is 0 Å². The molecule has 1 saturated carbocycles. The van der Waals surface area contributed by atoms with E-state index in [1.54, 1.807) is 6.07 Å². The van der Waals surface area contributed by atoms with E-state index in [1.165, 1.54) is 12.8 Å². The number of nitrogens with two attached hydrogens (primary N) is 1. The molecular weight excluding hydrogens is 212 g/mol. The van der Waals surface area contributed by atoms with Crippen molar-refractivity contribution in [2.24, 2.45) is 5.92 Å². The molecule has 0 radical (unpaired) electrons. The summed E-state index contributed by atoms with van der Waals surface area (Å²) in [6.45, 7) is 5.32. The van der Waals surface area contributed by atoms with Crippen LogP contribution in [0.1, 0.15) is 32.4 Å². The van der Waals surface area contributed by atoms with Gasteiger partial charge in [0.15, 0.2) is 5.69 Å². The summed E-state index contributed by atoms with van der Waals surface area (Å²) in [7, 11) is 0.